The molecule has 1 aliphatic heterocycles. The van der Waals surface area contributed by atoms with E-state index in [-0.39, 0.29) is 5.91 Å². The molecule has 1 heterocycles. The number of benzene rings is 1. The zero-order valence-corrected chi connectivity index (χ0v) is 19.8. The van der Waals surface area contributed by atoms with Crippen LogP contribution in [0.25, 0.3) is 5.57 Å². The molecule has 2 aliphatic rings. The van der Waals surface area contributed by atoms with Crippen molar-refractivity contribution in [2.45, 2.75) is 66.7 Å². The molecule has 1 N–H and O–H groups in total. The van der Waals surface area contributed by atoms with Crippen LogP contribution < -0.4 is 10.2 Å². The molecule has 30 heavy (non-hydrogen) atoms. The van der Waals surface area contributed by atoms with E-state index in [0.717, 1.165) is 50.6 Å². The van der Waals surface area contributed by atoms with Crippen LogP contribution in [0.2, 0.25) is 0 Å². The van der Waals surface area contributed by atoms with Crippen molar-refractivity contribution in [2.24, 2.45) is 11.3 Å². The Morgan fingerprint density at radius 1 is 1.17 bits per heavy atom. The average Bonchev–Trinajstić information content (AvgIpc) is 2.72. The second kappa shape index (κ2) is 10.00. The van der Waals surface area contributed by atoms with Gasteiger partial charge < -0.3 is 10.2 Å². The molecule has 1 aromatic rings. The normalized spacial score (nSPS) is 20.8. The number of amides is 1. The van der Waals surface area contributed by atoms with Gasteiger partial charge in [0.05, 0.1) is 0 Å². The summed E-state index contributed by atoms with van der Waals surface area (Å²) in [4.78, 5) is 16.8. The minimum Gasteiger partial charge on any atom is -0.368 e. The third kappa shape index (κ3) is 5.87. The van der Waals surface area contributed by atoms with Crippen molar-refractivity contribution in [3.8, 4) is 0 Å². The highest BCUT2D eigenvalue weighted by Crippen LogP contribution is 2.42. The van der Waals surface area contributed by atoms with Crippen LogP contribution in [0, 0.1) is 11.3 Å². The monoisotopic (exact) mass is 411 g/mol. The van der Waals surface area contributed by atoms with Gasteiger partial charge in [-0.1, -0.05) is 40.2 Å². The predicted molar refractivity (Wildman–Crippen MR) is 129 cm³/mol. The third-order valence-electron chi connectivity index (χ3n) is 6.84. The Labute approximate surface area is 183 Å². The Hall–Kier alpha value is -1.81. The fourth-order valence-corrected chi connectivity index (χ4v) is 4.81. The minimum absolute atomic E-state index is 0.0105. The number of anilines is 2. The van der Waals surface area contributed by atoms with Gasteiger partial charge in [-0.2, -0.15) is 0 Å². The van der Waals surface area contributed by atoms with E-state index in [1.165, 1.54) is 42.6 Å². The molecule has 3 rings (SSSR count). The summed E-state index contributed by atoms with van der Waals surface area (Å²) < 4.78 is 0. The zero-order valence-electron chi connectivity index (χ0n) is 19.8. The first-order valence-corrected chi connectivity index (χ1v) is 11.9. The minimum atomic E-state index is -0.0105. The molecule has 1 unspecified atom stereocenters. The van der Waals surface area contributed by atoms with E-state index in [2.05, 4.69) is 67.1 Å². The Bertz CT molecular complexity index is 754. The molecule has 1 amide bonds. The van der Waals surface area contributed by atoms with Crippen LogP contribution in [0.4, 0.5) is 11.4 Å². The zero-order chi connectivity index (χ0) is 21.7. The maximum Gasteiger partial charge on any atom is 0.221 e. The molecule has 1 saturated heterocycles. The molecule has 1 aliphatic carbocycles. The van der Waals surface area contributed by atoms with Crippen LogP contribution in [-0.4, -0.2) is 43.5 Å². The van der Waals surface area contributed by atoms with E-state index in [1.807, 2.05) is 0 Å². The van der Waals surface area contributed by atoms with Crippen molar-refractivity contribution in [2.75, 3.05) is 42.9 Å². The van der Waals surface area contributed by atoms with Crippen LogP contribution in [-0.2, 0) is 4.79 Å². The SMILES string of the molecule is CCCCN1CCN(c2ccc(NC(C)=O)cc2C2=CCC(C(C)(C)C)CC2)CC1. The molecule has 1 fully saturated rings. The molecule has 1 aromatic carbocycles. The molecule has 4 nitrogen and oxygen atoms in total. The number of allylic oxidation sites excluding steroid dienone is 2. The topological polar surface area (TPSA) is 35.6 Å². The summed E-state index contributed by atoms with van der Waals surface area (Å²) in [5.41, 5.74) is 5.36. The van der Waals surface area contributed by atoms with Gasteiger partial charge in [0.15, 0.2) is 0 Å². The van der Waals surface area contributed by atoms with Gasteiger partial charge in [-0.05, 0) is 67.3 Å². The van der Waals surface area contributed by atoms with E-state index >= 15 is 0 Å². The van der Waals surface area contributed by atoms with Crippen molar-refractivity contribution in [3.05, 3.63) is 29.8 Å². The summed E-state index contributed by atoms with van der Waals surface area (Å²) in [5.74, 6) is 0.731. The van der Waals surface area contributed by atoms with Gasteiger partial charge in [0.1, 0.15) is 0 Å². The van der Waals surface area contributed by atoms with Crippen molar-refractivity contribution >= 4 is 22.9 Å². The smallest absolute Gasteiger partial charge is 0.221 e. The summed E-state index contributed by atoms with van der Waals surface area (Å²) >= 11 is 0. The van der Waals surface area contributed by atoms with E-state index in [4.69, 9.17) is 0 Å². The van der Waals surface area contributed by atoms with Crippen molar-refractivity contribution < 1.29 is 4.79 Å². The Kier molecular flexibility index (Phi) is 7.62. The number of hydrogen-bond acceptors (Lipinski definition) is 3. The van der Waals surface area contributed by atoms with Gasteiger partial charge in [-0.15, -0.1) is 0 Å². The molecule has 4 heteroatoms. The Morgan fingerprint density at radius 3 is 2.47 bits per heavy atom. The van der Waals surface area contributed by atoms with Gasteiger partial charge in [-0.3, -0.25) is 9.69 Å². The Balaban J connectivity index is 1.82. The molecule has 166 valence electrons. The number of piperazine rings is 1. The molecule has 1 atom stereocenters. The summed E-state index contributed by atoms with van der Waals surface area (Å²) in [6, 6.07) is 6.48. The maximum atomic E-state index is 11.6. The van der Waals surface area contributed by atoms with Gasteiger partial charge in [0.2, 0.25) is 5.91 Å². The Morgan fingerprint density at radius 2 is 1.90 bits per heavy atom. The maximum absolute atomic E-state index is 11.6. The fraction of sp³-hybridized carbons (Fsp3) is 0.654. The molecule has 0 bridgehead atoms. The van der Waals surface area contributed by atoms with Crippen LogP contribution >= 0.6 is 0 Å². The van der Waals surface area contributed by atoms with E-state index < -0.39 is 0 Å². The predicted octanol–water partition coefficient (Wildman–Crippen LogP) is 5.80. The first-order valence-electron chi connectivity index (χ1n) is 11.9. The van der Waals surface area contributed by atoms with Gasteiger partial charge in [0.25, 0.3) is 0 Å². The number of carbonyl (C=O) groups excluding carboxylic acids is 1. The van der Waals surface area contributed by atoms with Crippen LogP contribution in [0.3, 0.4) is 0 Å². The lowest BCUT2D eigenvalue weighted by Gasteiger charge is -2.38. The second-order valence-electron chi connectivity index (χ2n) is 10.2. The number of nitrogens with zero attached hydrogens (tertiary/aromatic N) is 2. The molecule has 0 radical (unpaired) electrons. The second-order valence-corrected chi connectivity index (χ2v) is 10.2. The van der Waals surface area contributed by atoms with E-state index in [9.17, 15) is 4.79 Å². The first kappa shape index (κ1) is 22.9. The quantitative estimate of drug-likeness (QED) is 0.643. The highest BCUT2D eigenvalue weighted by molar-refractivity contribution is 5.90. The molecule has 0 aromatic heterocycles. The summed E-state index contributed by atoms with van der Waals surface area (Å²) in [5, 5.41) is 2.98. The first-order chi connectivity index (χ1) is 14.3. The summed E-state index contributed by atoms with van der Waals surface area (Å²) in [6.07, 6.45) is 8.52. The van der Waals surface area contributed by atoms with E-state index in [0.29, 0.717) is 5.41 Å². The lowest BCUT2D eigenvalue weighted by Crippen LogP contribution is -2.46. The molecule has 0 saturated carbocycles. The molecule has 0 spiro atoms. The number of unbranched alkanes of at least 4 members (excludes halogenated alkanes) is 1. The number of carbonyl (C=O) groups is 1. The van der Waals surface area contributed by atoms with Gasteiger partial charge in [0, 0.05) is 50.0 Å². The van der Waals surface area contributed by atoms with Crippen LogP contribution in [0.5, 0.6) is 0 Å². The van der Waals surface area contributed by atoms with Gasteiger partial charge in [-0.25, -0.2) is 0 Å². The highest BCUT2D eigenvalue weighted by Gasteiger charge is 2.28. The fourth-order valence-electron chi connectivity index (χ4n) is 4.81. The van der Waals surface area contributed by atoms with Crippen molar-refractivity contribution in [3.63, 3.8) is 0 Å². The van der Waals surface area contributed by atoms with Crippen molar-refractivity contribution in [1.82, 2.24) is 4.90 Å². The lowest BCUT2D eigenvalue weighted by molar-refractivity contribution is -0.114. The summed E-state index contributed by atoms with van der Waals surface area (Å²) in [6.45, 7) is 16.6. The average molecular weight is 412 g/mol. The number of nitrogens with one attached hydrogen (secondary N) is 1. The van der Waals surface area contributed by atoms with Gasteiger partial charge >= 0.3 is 0 Å². The molecular weight excluding hydrogens is 370 g/mol. The van der Waals surface area contributed by atoms with Crippen LogP contribution in [0.1, 0.15) is 72.3 Å². The number of rotatable bonds is 6. The largest absolute Gasteiger partial charge is 0.368 e. The number of hydrogen-bond donors (Lipinski definition) is 1. The molecular formula is C26H41N3O. The standard InChI is InChI=1S/C26H41N3O/c1-6-7-14-28-15-17-29(18-16-28)25-13-12-23(27-20(2)30)19-24(25)21-8-10-22(11-9-21)26(3,4)5/h8,12-13,19,22H,6-7,9-11,14-18H2,1-5H3,(H,27,30). The highest BCUT2D eigenvalue weighted by atomic mass is 16.1. The lowest BCUT2D eigenvalue weighted by atomic mass is 9.72. The van der Waals surface area contributed by atoms with Crippen LogP contribution in [0.15, 0.2) is 24.3 Å². The van der Waals surface area contributed by atoms with E-state index in [1.54, 1.807) is 6.92 Å². The summed E-state index contributed by atoms with van der Waals surface area (Å²) in [7, 11) is 0. The third-order valence-corrected chi connectivity index (χ3v) is 6.84. The van der Waals surface area contributed by atoms with Crippen molar-refractivity contribution in [1.29, 1.82) is 0 Å².